The van der Waals surface area contributed by atoms with Crippen LogP contribution in [0.2, 0.25) is 0 Å². The summed E-state index contributed by atoms with van der Waals surface area (Å²) in [6.45, 7) is 3.34. The molecule has 0 atom stereocenters. The minimum absolute atomic E-state index is 0.195. The Morgan fingerprint density at radius 1 is 1.50 bits per heavy atom. The number of carbonyl (C=O) groups is 1. The number of nitrogens with zero attached hydrogens (tertiary/aromatic N) is 1. The lowest BCUT2D eigenvalue weighted by molar-refractivity contribution is 0.148. The smallest absolute Gasteiger partial charge is 0.308 e. The van der Waals surface area contributed by atoms with E-state index in [4.69, 9.17) is 4.55 Å². The zero-order valence-electron chi connectivity index (χ0n) is 7.01. The molecular formula is C5H11NO5S. The second kappa shape index (κ2) is 3.72. The van der Waals surface area contributed by atoms with Crippen LogP contribution < -0.4 is 0 Å². The van der Waals surface area contributed by atoms with Crippen molar-refractivity contribution in [2.24, 2.45) is 0 Å². The molecule has 72 valence electrons. The van der Waals surface area contributed by atoms with Crippen molar-refractivity contribution in [3.8, 4) is 0 Å². The van der Waals surface area contributed by atoms with Gasteiger partial charge in [-0.1, -0.05) is 0 Å². The van der Waals surface area contributed by atoms with E-state index in [1.807, 2.05) is 0 Å². The van der Waals surface area contributed by atoms with Gasteiger partial charge in [-0.3, -0.25) is 4.55 Å². The fraction of sp³-hybridized carbons (Fsp3) is 0.800. The van der Waals surface area contributed by atoms with E-state index < -0.39 is 16.5 Å². The van der Waals surface area contributed by atoms with Crippen molar-refractivity contribution >= 4 is 16.5 Å². The van der Waals surface area contributed by atoms with Gasteiger partial charge in [0.05, 0.1) is 0 Å². The van der Waals surface area contributed by atoms with Crippen molar-refractivity contribution in [1.82, 2.24) is 4.90 Å². The quantitative estimate of drug-likeness (QED) is 0.642. The summed E-state index contributed by atoms with van der Waals surface area (Å²) in [5.74, 6) is 0. The summed E-state index contributed by atoms with van der Waals surface area (Å²) >= 11 is 0. The largest absolute Gasteiger partial charge is 0.450 e. The van der Waals surface area contributed by atoms with Gasteiger partial charge in [-0.2, -0.15) is 8.42 Å². The Morgan fingerprint density at radius 2 is 1.92 bits per heavy atom. The van der Waals surface area contributed by atoms with E-state index in [-0.39, 0.29) is 6.04 Å². The molecule has 1 N–H and O–H groups in total. The molecule has 0 fully saturated rings. The first-order valence-electron chi connectivity index (χ1n) is 3.17. The molecule has 0 radical (unpaired) electrons. The van der Waals surface area contributed by atoms with Crippen molar-refractivity contribution in [3.05, 3.63) is 0 Å². The molecular weight excluding hydrogens is 186 g/mol. The second-order valence-electron chi connectivity index (χ2n) is 2.48. The molecule has 0 spiro atoms. The van der Waals surface area contributed by atoms with Crippen molar-refractivity contribution in [1.29, 1.82) is 0 Å². The molecule has 6 nitrogen and oxygen atoms in total. The molecule has 7 heteroatoms. The maximum atomic E-state index is 10.8. The summed E-state index contributed by atoms with van der Waals surface area (Å²) in [6, 6.07) is -0.195. The van der Waals surface area contributed by atoms with E-state index in [1.54, 1.807) is 13.8 Å². The number of carbonyl (C=O) groups excluding carboxylic acids is 1. The molecule has 0 rings (SSSR count). The summed E-state index contributed by atoms with van der Waals surface area (Å²) in [7, 11) is -3.33. The second-order valence-corrected chi connectivity index (χ2v) is 3.50. The van der Waals surface area contributed by atoms with E-state index in [1.165, 1.54) is 7.05 Å². The molecule has 0 aromatic heterocycles. The Balaban J connectivity index is 4.25. The van der Waals surface area contributed by atoms with Crippen LogP contribution in [-0.4, -0.2) is 37.1 Å². The van der Waals surface area contributed by atoms with E-state index >= 15 is 0 Å². The van der Waals surface area contributed by atoms with E-state index in [0.29, 0.717) is 0 Å². The fourth-order valence-corrected chi connectivity index (χ4v) is 0.657. The van der Waals surface area contributed by atoms with E-state index in [9.17, 15) is 13.2 Å². The Bertz CT molecular complexity index is 257. The van der Waals surface area contributed by atoms with Crippen LogP contribution in [0, 0.1) is 0 Å². The number of hydrogen-bond donors (Lipinski definition) is 1. The highest BCUT2D eigenvalue weighted by Crippen LogP contribution is 1.99. The molecule has 0 saturated carbocycles. The Morgan fingerprint density at radius 3 is 2.17 bits per heavy atom. The highest BCUT2D eigenvalue weighted by molar-refractivity contribution is 7.81. The maximum absolute atomic E-state index is 10.8. The van der Waals surface area contributed by atoms with Gasteiger partial charge in [0, 0.05) is 13.1 Å². The Kier molecular flexibility index (Phi) is 3.47. The van der Waals surface area contributed by atoms with E-state index in [2.05, 4.69) is 4.18 Å². The van der Waals surface area contributed by atoms with Gasteiger partial charge in [0.1, 0.15) is 0 Å². The Hall–Kier alpha value is -0.820. The van der Waals surface area contributed by atoms with Crippen molar-refractivity contribution < 1.29 is 21.9 Å². The van der Waals surface area contributed by atoms with Crippen molar-refractivity contribution in [3.63, 3.8) is 0 Å². The number of rotatable bonds is 2. The van der Waals surface area contributed by atoms with Crippen LogP contribution in [0.15, 0.2) is 0 Å². The van der Waals surface area contributed by atoms with Crippen LogP contribution >= 0.6 is 0 Å². The van der Waals surface area contributed by atoms with Gasteiger partial charge in [0.25, 0.3) is 0 Å². The summed E-state index contributed by atoms with van der Waals surface area (Å²) in [6.07, 6.45) is -1.10. The SMILES string of the molecule is CC(C)N(C)C(=O)OS(=O)(=O)O. The summed E-state index contributed by atoms with van der Waals surface area (Å²) < 4.78 is 31.9. The average Bonchev–Trinajstić information content (AvgIpc) is 1.82. The van der Waals surface area contributed by atoms with Crippen LogP contribution in [0.4, 0.5) is 4.79 Å². The normalized spacial score (nSPS) is 11.4. The molecule has 0 aliphatic rings. The minimum atomic E-state index is -4.69. The van der Waals surface area contributed by atoms with Gasteiger partial charge < -0.3 is 9.08 Å². The number of amides is 1. The fourth-order valence-electron chi connectivity index (χ4n) is 0.360. The monoisotopic (exact) mass is 197 g/mol. The molecule has 0 heterocycles. The highest BCUT2D eigenvalue weighted by atomic mass is 32.3. The third-order valence-corrected chi connectivity index (χ3v) is 1.59. The summed E-state index contributed by atoms with van der Waals surface area (Å²) in [4.78, 5) is 11.8. The molecule has 0 bridgehead atoms. The van der Waals surface area contributed by atoms with Gasteiger partial charge in [-0.25, -0.2) is 4.79 Å². The van der Waals surface area contributed by atoms with Gasteiger partial charge in [-0.15, -0.1) is 0 Å². The van der Waals surface area contributed by atoms with Gasteiger partial charge in [-0.05, 0) is 13.8 Å². The van der Waals surface area contributed by atoms with Crippen LogP contribution in [0.1, 0.15) is 13.8 Å². The first-order chi connectivity index (χ1) is 5.24. The van der Waals surface area contributed by atoms with Crippen LogP contribution in [0.5, 0.6) is 0 Å². The summed E-state index contributed by atoms with van der Waals surface area (Å²) in [5, 5.41) is 0. The maximum Gasteiger partial charge on any atom is 0.450 e. The first-order valence-corrected chi connectivity index (χ1v) is 4.54. The van der Waals surface area contributed by atoms with Crippen LogP contribution in [-0.2, 0) is 14.6 Å². The first kappa shape index (κ1) is 11.2. The van der Waals surface area contributed by atoms with Crippen LogP contribution in [0.3, 0.4) is 0 Å². The molecule has 0 aliphatic heterocycles. The number of hydrogen-bond acceptors (Lipinski definition) is 4. The molecule has 1 amide bonds. The van der Waals surface area contributed by atoms with Gasteiger partial charge in [0.15, 0.2) is 0 Å². The lowest BCUT2D eigenvalue weighted by atomic mass is 10.4. The minimum Gasteiger partial charge on any atom is -0.308 e. The van der Waals surface area contributed by atoms with Crippen LogP contribution in [0.25, 0.3) is 0 Å². The zero-order valence-corrected chi connectivity index (χ0v) is 7.83. The standard InChI is InChI=1S/C5H11NO5S/c1-4(2)6(3)5(7)11-12(8,9)10/h4H,1-3H3,(H,8,9,10). The molecule has 0 aromatic rings. The van der Waals surface area contributed by atoms with Gasteiger partial charge in [0.2, 0.25) is 0 Å². The third kappa shape index (κ3) is 4.14. The molecule has 12 heavy (non-hydrogen) atoms. The predicted molar refractivity (Wildman–Crippen MR) is 40.9 cm³/mol. The van der Waals surface area contributed by atoms with Crippen molar-refractivity contribution in [2.75, 3.05) is 7.05 Å². The highest BCUT2D eigenvalue weighted by Gasteiger charge is 2.19. The molecule has 0 aromatic carbocycles. The predicted octanol–water partition coefficient (Wildman–Crippen LogP) is 0.266. The molecule has 0 unspecified atom stereocenters. The van der Waals surface area contributed by atoms with Gasteiger partial charge >= 0.3 is 16.5 Å². The zero-order chi connectivity index (χ0) is 9.94. The lowest BCUT2D eigenvalue weighted by Crippen LogP contribution is -2.34. The topological polar surface area (TPSA) is 83.9 Å². The Labute approximate surface area is 71.1 Å². The molecule has 0 saturated heterocycles. The molecule has 0 aliphatic carbocycles. The lowest BCUT2D eigenvalue weighted by Gasteiger charge is -2.18. The van der Waals surface area contributed by atoms with Crippen molar-refractivity contribution in [2.45, 2.75) is 19.9 Å². The third-order valence-electron chi connectivity index (χ3n) is 1.24. The van der Waals surface area contributed by atoms with E-state index in [0.717, 1.165) is 4.90 Å². The average molecular weight is 197 g/mol. The summed E-state index contributed by atoms with van der Waals surface area (Å²) in [5.41, 5.74) is 0.